The van der Waals surface area contributed by atoms with E-state index >= 15 is 8.63 Å². The van der Waals surface area contributed by atoms with Gasteiger partial charge in [0.2, 0.25) is 5.84 Å². The molecule has 0 saturated heterocycles. The van der Waals surface area contributed by atoms with E-state index in [9.17, 15) is 21.6 Å². The third-order valence-electron chi connectivity index (χ3n) is 7.93. The summed E-state index contributed by atoms with van der Waals surface area (Å²) in [4.78, 5) is 13.0. The molecule has 0 saturated carbocycles. The highest BCUT2D eigenvalue weighted by molar-refractivity contribution is 7.86. The van der Waals surface area contributed by atoms with Crippen LogP contribution in [0.1, 0.15) is 45.4 Å². The summed E-state index contributed by atoms with van der Waals surface area (Å²) in [6.07, 6.45) is 5.52. The maximum atomic E-state index is 16.5. The predicted octanol–water partition coefficient (Wildman–Crippen LogP) is 3.38. The highest BCUT2D eigenvalue weighted by Gasteiger charge is 2.50. The number of amidine groups is 1. The minimum Gasteiger partial charge on any atom is -0.419 e. The SMILES string of the molecule is CCc1c(C)c2n(c1C)[B-](F)(F)[N+]1=C(NCCNCC(=O)c3ccc(OS(C)(=O)=O)cc3OS(C)(=O)=O)C=CC1=C2c1ccccc1. The maximum absolute atomic E-state index is 16.5. The van der Waals surface area contributed by atoms with Gasteiger partial charge in [-0.05, 0) is 60.9 Å². The fraction of sp³-hybridized carbons (Fsp3) is 0.290. The van der Waals surface area contributed by atoms with Gasteiger partial charge in [-0.1, -0.05) is 37.3 Å². The van der Waals surface area contributed by atoms with Crippen molar-refractivity contribution in [3.63, 3.8) is 0 Å². The predicted molar refractivity (Wildman–Crippen MR) is 176 cm³/mol. The quantitative estimate of drug-likeness (QED) is 0.127. The normalized spacial score (nSPS) is 15.5. The number of hydrogen-bond donors (Lipinski definition) is 2. The number of ketones is 1. The first-order chi connectivity index (χ1) is 22.0. The van der Waals surface area contributed by atoms with Gasteiger partial charge >= 0.3 is 27.2 Å². The largest absolute Gasteiger partial charge is 0.639 e. The number of nitrogens with zero attached hydrogens (tertiary/aromatic N) is 2. The Morgan fingerprint density at radius 2 is 1.64 bits per heavy atom. The van der Waals surface area contributed by atoms with Crippen molar-refractivity contribution in [1.82, 2.24) is 15.1 Å². The first kappa shape index (κ1) is 34.1. The molecule has 0 amide bonds. The molecule has 0 atom stereocenters. The molecule has 16 heteroatoms. The molecule has 1 aromatic heterocycles. The van der Waals surface area contributed by atoms with Gasteiger partial charge in [0.05, 0.1) is 36.9 Å². The number of Topliss-reactive ketones (excluding diaryl/α,β-unsaturated/α-hetero) is 1. The fourth-order valence-corrected chi connectivity index (χ4v) is 7.07. The Morgan fingerprint density at radius 1 is 0.957 bits per heavy atom. The lowest BCUT2D eigenvalue weighted by Gasteiger charge is -2.37. The molecule has 2 aliphatic heterocycles. The van der Waals surface area contributed by atoms with Crippen molar-refractivity contribution in [2.75, 3.05) is 32.1 Å². The summed E-state index contributed by atoms with van der Waals surface area (Å²) in [6, 6.07) is 12.9. The van der Waals surface area contributed by atoms with Crippen LogP contribution in [-0.4, -0.2) is 76.5 Å². The number of halogens is 2. The van der Waals surface area contributed by atoms with Crippen LogP contribution in [0.25, 0.3) is 5.57 Å². The molecule has 250 valence electrons. The zero-order valence-corrected chi connectivity index (χ0v) is 28.1. The molecule has 0 bridgehead atoms. The highest BCUT2D eigenvalue weighted by atomic mass is 32.2. The van der Waals surface area contributed by atoms with Gasteiger partial charge in [-0.2, -0.15) is 16.8 Å². The Balaban J connectivity index is 1.35. The summed E-state index contributed by atoms with van der Waals surface area (Å²) in [6.45, 7) is 1.44. The van der Waals surface area contributed by atoms with Crippen LogP contribution >= 0.6 is 0 Å². The molecular formula is C31H35BF2N4O7S2. The summed E-state index contributed by atoms with van der Waals surface area (Å²) in [5.41, 5.74) is 4.59. The van der Waals surface area contributed by atoms with Gasteiger partial charge < -0.3 is 31.3 Å². The average molecular weight is 689 g/mol. The molecule has 2 N–H and O–H groups in total. The fourth-order valence-electron chi connectivity index (χ4n) is 6.15. The summed E-state index contributed by atoms with van der Waals surface area (Å²) in [7, 11) is -7.98. The highest BCUT2D eigenvalue weighted by Crippen LogP contribution is 2.43. The van der Waals surface area contributed by atoms with Crippen LogP contribution in [-0.2, 0) is 26.7 Å². The second-order valence-electron chi connectivity index (χ2n) is 11.3. The Morgan fingerprint density at radius 3 is 2.28 bits per heavy atom. The molecule has 0 fully saturated rings. The number of hydrogen-bond acceptors (Lipinski definition) is 9. The van der Waals surface area contributed by atoms with Gasteiger partial charge in [-0.15, -0.1) is 0 Å². The van der Waals surface area contributed by atoms with Crippen molar-refractivity contribution in [2.45, 2.75) is 27.2 Å². The smallest absolute Gasteiger partial charge is 0.419 e. The first-order valence-electron chi connectivity index (χ1n) is 14.8. The van der Waals surface area contributed by atoms with E-state index in [0.717, 1.165) is 45.3 Å². The Hall–Kier alpha value is -4.28. The third-order valence-corrected chi connectivity index (χ3v) is 8.91. The van der Waals surface area contributed by atoms with Crippen LogP contribution in [0.4, 0.5) is 8.63 Å². The van der Waals surface area contributed by atoms with Crippen LogP contribution in [0.15, 0.2) is 66.4 Å². The van der Waals surface area contributed by atoms with E-state index in [1.165, 1.54) is 16.6 Å². The lowest BCUT2D eigenvalue weighted by molar-refractivity contribution is -0.364. The van der Waals surface area contributed by atoms with Crippen LogP contribution in [0.5, 0.6) is 11.5 Å². The molecule has 0 aliphatic carbocycles. The maximum Gasteiger partial charge on any atom is 0.639 e. The number of carbonyl (C=O) groups is 1. The van der Waals surface area contributed by atoms with Crippen LogP contribution in [0.2, 0.25) is 0 Å². The number of nitrogens with one attached hydrogen (secondary N) is 2. The molecule has 11 nitrogen and oxygen atoms in total. The lowest BCUT2D eigenvalue weighted by atomic mass is 9.85. The van der Waals surface area contributed by atoms with Gasteiger partial charge in [0, 0.05) is 30.0 Å². The lowest BCUT2D eigenvalue weighted by Crippen LogP contribution is -2.53. The van der Waals surface area contributed by atoms with E-state index in [1.54, 1.807) is 19.1 Å². The van der Waals surface area contributed by atoms with Crippen LogP contribution in [0.3, 0.4) is 0 Å². The van der Waals surface area contributed by atoms with E-state index in [1.807, 2.05) is 44.2 Å². The molecule has 5 rings (SSSR count). The van der Waals surface area contributed by atoms with Gasteiger partial charge in [0.1, 0.15) is 5.75 Å². The van der Waals surface area contributed by atoms with Crippen molar-refractivity contribution in [3.8, 4) is 11.5 Å². The summed E-state index contributed by atoms with van der Waals surface area (Å²) >= 11 is 0. The molecule has 0 radical (unpaired) electrons. The minimum absolute atomic E-state index is 0.122. The molecule has 2 aromatic carbocycles. The molecule has 2 aliphatic rings. The monoisotopic (exact) mass is 688 g/mol. The van der Waals surface area contributed by atoms with Gasteiger partial charge in [0.25, 0.3) is 0 Å². The molecule has 3 heterocycles. The van der Waals surface area contributed by atoms with Gasteiger partial charge in [-0.25, -0.2) is 0 Å². The topological polar surface area (TPSA) is 136 Å². The van der Waals surface area contributed by atoms with Gasteiger partial charge in [-0.3, -0.25) is 10.1 Å². The molecule has 0 spiro atoms. The second-order valence-corrected chi connectivity index (χ2v) is 14.5. The molecule has 0 unspecified atom stereocenters. The molecule has 3 aromatic rings. The third kappa shape index (κ3) is 6.89. The Labute approximate surface area is 272 Å². The zero-order chi connectivity index (χ0) is 34.3. The van der Waals surface area contributed by atoms with E-state index < -0.39 is 38.7 Å². The van der Waals surface area contributed by atoms with E-state index in [4.69, 9.17) is 8.37 Å². The summed E-state index contributed by atoms with van der Waals surface area (Å²) in [5, 5.41) is 5.99. The minimum atomic E-state index is -4.25. The zero-order valence-electron chi connectivity index (χ0n) is 26.5. The van der Waals surface area contributed by atoms with Crippen molar-refractivity contribution in [2.24, 2.45) is 0 Å². The molecule has 47 heavy (non-hydrogen) atoms. The van der Waals surface area contributed by atoms with Crippen LogP contribution < -0.4 is 19.0 Å². The number of allylic oxidation sites excluding steroid dienone is 1. The molecular weight excluding hydrogens is 653 g/mol. The second kappa shape index (κ2) is 12.7. The Bertz CT molecular complexity index is 2070. The van der Waals surface area contributed by atoms with Crippen molar-refractivity contribution in [1.29, 1.82) is 0 Å². The number of carbonyl (C=O) groups excluding carboxylic acids is 1. The van der Waals surface area contributed by atoms with Crippen LogP contribution in [0, 0.1) is 13.8 Å². The van der Waals surface area contributed by atoms with E-state index in [-0.39, 0.29) is 36.8 Å². The number of benzene rings is 2. The van der Waals surface area contributed by atoms with Crippen molar-refractivity contribution in [3.05, 3.63) is 100 Å². The standard InChI is InChI=1S/C31H35BF2N4O7S2/c1-6-24-20(2)31-30(22-10-8-7-9-11-22)26-14-15-29(38(26)32(33,34)37(31)21(24)3)36-17-16-35-19-27(39)25-13-12-23(44-46(4,40)41)18-28(25)45-47(5,42)43/h7-15,18,35-36H,6,16-17,19H2,1-5H3. The summed E-state index contributed by atoms with van der Waals surface area (Å²) in [5.74, 6) is -0.963. The van der Waals surface area contributed by atoms with E-state index in [0.29, 0.717) is 23.5 Å². The van der Waals surface area contributed by atoms with Crippen molar-refractivity contribution >= 4 is 44.4 Å². The average Bonchev–Trinajstić information content (AvgIpc) is 3.51. The Kier molecular flexibility index (Phi) is 9.23. The number of rotatable bonds is 12. The first-order valence-corrected chi connectivity index (χ1v) is 18.4. The van der Waals surface area contributed by atoms with Gasteiger partial charge in [0.15, 0.2) is 11.5 Å². The number of fused-ring (bicyclic) bond motifs is 2. The summed E-state index contributed by atoms with van der Waals surface area (Å²) < 4.78 is 91.4. The van der Waals surface area contributed by atoms with E-state index in [2.05, 4.69) is 10.6 Å². The number of aromatic nitrogens is 1. The van der Waals surface area contributed by atoms with Crippen molar-refractivity contribution < 1.29 is 43.1 Å².